The van der Waals surface area contributed by atoms with Gasteiger partial charge in [0, 0.05) is 19.2 Å². The first-order valence-corrected chi connectivity index (χ1v) is 7.89. The second-order valence-electron chi connectivity index (χ2n) is 4.63. The average molecular weight is 337 g/mol. The van der Waals surface area contributed by atoms with E-state index in [0.29, 0.717) is 16.6 Å². The van der Waals surface area contributed by atoms with Crippen LogP contribution in [-0.4, -0.2) is 47.0 Å². The Balaban J connectivity index is 2.23. The minimum Gasteiger partial charge on any atom is -0.389 e. The molecule has 1 amide bonds. The van der Waals surface area contributed by atoms with Gasteiger partial charge in [-0.3, -0.25) is 9.63 Å². The summed E-state index contributed by atoms with van der Waals surface area (Å²) in [6.45, 7) is 2.12. The number of carbonyl (C=O) groups is 1. The lowest BCUT2D eigenvalue weighted by molar-refractivity contribution is -0.181. The molecule has 0 spiro atoms. The zero-order valence-electron chi connectivity index (χ0n) is 13.2. The Morgan fingerprint density at radius 2 is 2.04 bits per heavy atom. The molecule has 1 N–H and O–H groups in total. The molecule has 0 aliphatic heterocycles. The van der Waals surface area contributed by atoms with Crippen molar-refractivity contribution in [1.29, 1.82) is 0 Å². The molecular weight excluding hydrogens is 318 g/mol. The van der Waals surface area contributed by atoms with Crippen LogP contribution in [0, 0.1) is 0 Å². The Morgan fingerprint density at radius 1 is 1.35 bits per heavy atom. The van der Waals surface area contributed by atoms with Gasteiger partial charge in [0.1, 0.15) is 10.0 Å². The molecule has 124 valence electrons. The van der Waals surface area contributed by atoms with E-state index < -0.39 is 6.10 Å². The molecule has 8 heteroatoms. The van der Waals surface area contributed by atoms with Crippen LogP contribution in [0.15, 0.2) is 24.3 Å². The molecular formula is C15H19N3O4S. The maximum absolute atomic E-state index is 12.3. The number of hydrogen-bond donors (Lipinski definition) is 1. The monoisotopic (exact) mass is 337 g/mol. The van der Waals surface area contributed by atoms with Crippen molar-refractivity contribution in [3.63, 3.8) is 0 Å². The fraction of sp³-hybridized carbons (Fsp3) is 0.400. The molecule has 2 rings (SSSR count). The summed E-state index contributed by atoms with van der Waals surface area (Å²) < 4.78 is 5.55. The van der Waals surface area contributed by atoms with Gasteiger partial charge >= 0.3 is 0 Å². The Kier molecular flexibility index (Phi) is 6.17. The minimum atomic E-state index is -0.721. The lowest BCUT2D eigenvalue weighted by atomic mass is 10.1. The molecule has 0 saturated heterocycles. The number of amides is 1. The zero-order valence-corrected chi connectivity index (χ0v) is 14.0. The van der Waals surface area contributed by atoms with Crippen molar-refractivity contribution in [2.75, 3.05) is 20.8 Å². The number of hydroxylamine groups is 2. The highest BCUT2D eigenvalue weighted by molar-refractivity contribution is 7.14. The number of aliphatic hydroxyl groups excluding tert-OH is 1. The Hall–Kier alpha value is -1.87. The van der Waals surface area contributed by atoms with Gasteiger partial charge in [-0.1, -0.05) is 35.6 Å². The maximum Gasteiger partial charge on any atom is 0.279 e. The number of carbonyl (C=O) groups excluding carboxylic acids is 1. The third kappa shape index (κ3) is 4.11. The van der Waals surface area contributed by atoms with Gasteiger partial charge in [0.25, 0.3) is 5.91 Å². The summed E-state index contributed by atoms with van der Waals surface area (Å²) in [4.78, 5) is 17.2. The van der Waals surface area contributed by atoms with Crippen LogP contribution in [0.1, 0.15) is 23.6 Å². The summed E-state index contributed by atoms with van der Waals surface area (Å²) in [5.41, 5.74) is 1.60. The summed E-state index contributed by atoms with van der Waals surface area (Å²) in [5.74, 6) is -0.277. The van der Waals surface area contributed by atoms with E-state index in [4.69, 9.17) is 14.7 Å². The first-order chi connectivity index (χ1) is 11.1. The number of hydrogen-bond acceptors (Lipinski definition) is 7. The molecule has 0 bridgehead atoms. The van der Waals surface area contributed by atoms with Crippen LogP contribution in [0.3, 0.4) is 0 Å². The zero-order chi connectivity index (χ0) is 16.8. The summed E-state index contributed by atoms with van der Waals surface area (Å²) in [7, 11) is 2.97. The standard InChI is InChI=1S/C15H19N3O4S/c1-4-22-13(15(20)18(2)21-3)10-5-7-11(8-6-10)14-17-16-12(9-19)23-14/h5-8,13,19H,4,9H2,1-3H3. The molecule has 0 radical (unpaired) electrons. The third-order valence-electron chi connectivity index (χ3n) is 3.20. The average Bonchev–Trinajstić information content (AvgIpc) is 3.07. The van der Waals surface area contributed by atoms with E-state index in [-0.39, 0.29) is 12.5 Å². The van der Waals surface area contributed by atoms with E-state index in [1.54, 1.807) is 7.05 Å². The van der Waals surface area contributed by atoms with E-state index in [0.717, 1.165) is 16.2 Å². The maximum atomic E-state index is 12.3. The number of aliphatic hydroxyl groups is 1. The first kappa shape index (κ1) is 17.5. The van der Waals surface area contributed by atoms with Crippen LogP contribution in [0.2, 0.25) is 0 Å². The van der Waals surface area contributed by atoms with Crippen molar-refractivity contribution in [2.45, 2.75) is 19.6 Å². The molecule has 0 fully saturated rings. The fourth-order valence-corrected chi connectivity index (χ4v) is 2.67. The summed E-state index contributed by atoms with van der Waals surface area (Å²) in [5, 5.41) is 19.4. The fourth-order valence-electron chi connectivity index (χ4n) is 1.97. The first-order valence-electron chi connectivity index (χ1n) is 7.07. The van der Waals surface area contributed by atoms with Gasteiger partial charge in [0.05, 0.1) is 13.7 Å². The van der Waals surface area contributed by atoms with Crippen molar-refractivity contribution in [3.05, 3.63) is 34.8 Å². The summed E-state index contributed by atoms with van der Waals surface area (Å²) in [6.07, 6.45) is -0.721. The van der Waals surface area contributed by atoms with E-state index >= 15 is 0 Å². The number of ether oxygens (including phenoxy) is 1. The highest BCUT2D eigenvalue weighted by Crippen LogP contribution is 2.27. The van der Waals surface area contributed by atoms with E-state index in [9.17, 15) is 4.79 Å². The molecule has 23 heavy (non-hydrogen) atoms. The summed E-state index contributed by atoms with van der Waals surface area (Å²) in [6, 6.07) is 7.33. The predicted octanol–water partition coefficient (Wildman–Crippen LogP) is 1.79. The van der Waals surface area contributed by atoms with Gasteiger partial charge in [-0.2, -0.15) is 0 Å². The van der Waals surface area contributed by atoms with Crippen molar-refractivity contribution < 1.29 is 19.5 Å². The smallest absolute Gasteiger partial charge is 0.279 e. The predicted molar refractivity (Wildman–Crippen MR) is 85.4 cm³/mol. The van der Waals surface area contributed by atoms with Gasteiger partial charge < -0.3 is 9.84 Å². The lowest BCUT2D eigenvalue weighted by Crippen LogP contribution is -2.32. The normalized spacial score (nSPS) is 12.2. The summed E-state index contributed by atoms with van der Waals surface area (Å²) >= 11 is 1.33. The van der Waals surface area contributed by atoms with Gasteiger partial charge in [-0.25, -0.2) is 5.06 Å². The van der Waals surface area contributed by atoms with E-state index in [1.165, 1.54) is 18.4 Å². The van der Waals surface area contributed by atoms with Crippen LogP contribution in [0.25, 0.3) is 10.6 Å². The lowest BCUT2D eigenvalue weighted by Gasteiger charge is -2.22. The Bertz CT molecular complexity index is 644. The van der Waals surface area contributed by atoms with Crippen molar-refractivity contribution in [1.82, 2.24) is 15.3 Å². The molecule has 1 heterocycles. The van der Waals surface area contributed by atoms with E-state index in [2.05, 4.69) is 10.2 Å². The number of rotatable bonds is 7. The van der Waals surface area contributed by atoms with Gasteiger partial charge in [-0.05, 0) is 12.5 Å². The van der Waals surface area contributed by atoms with Crippen LogP contribution >= 0.6 is 11.3 Å². The van der Waals surface area contributed by atoms with Gasteiger partial charge in [-0.15, -0.1) is 10.2 Å². The topological polar surface area (TPSA) is 84.8 Å². The molecule has 0 aliphatic rings. The number of benzene rings is 1. The number of likely N-dealkylation sites (N-methyl/N-ethyl adjacent to an activating group) is 1. The number of nitrogens with zero attached hydrogens (tertiary/aromatic N) is 3. The molecule has 1 aromatic carbocycles. The quantitative estimate of drug-likeness (QED) is 0.776. The third-order valence-corrected chi connectivity index (χ3v) is 4.16. The van der Waals surface area contributed by atoms with Crippen molar-refractivity contribution in [2.24, 2.45) is 0 Å². The highest BCUT2D eigenvalue weighted by atomic mass is 32.1. The second-order valence-corrected chi connectivity index (χ2v) is 5.70. The number of aromatic nitrogens is 2. The second kappa shape index (κ2) is 8.11. The van der Waals surface area contributed by atoms with Gasteiger partial charge in [0.15, 0.2) is 6.10 Å². The van der Waals surface area contributed by atoms with Crippen LogP contribution in [0.5, 0.6) is 0 Å². The van der Waals surface area contributed by atoms with Crippen molar-refractivity contribution >= 4 is 17.2 Å². The molecule has 0 saturated carbocycles. The van der Waals surface area contributed by atoms with Crippen LogP contribution < -0.4 is 0 Å². The highest BCUT2D eigenvalue weighted by Gasteiger charge is 2.24. The molecule has 1 unspecified atom stereocenters. The van der Waals surface area contributed by atoms with Crippen molar-refractivity contribution in [3.8, 4) is 10.6 Å². The molecule has 1 atom stereocenters. The molecule has 7 nitrogen and oxygen atoms in total. The largest absolute Gasteiger partial charge is 0.389 e. The van der Waals surface area contributed by atoms with Gasteiger partial charge in [0.2, 0.25) is 0 Å². The van der Waals surface area contributed by atoms with Crippen LogP contribution in [-0.2, 0) is 21.0 Å². The molecule has 2 aromatic rings. The minimum absolute atomic E-state index is 0.125. The Morgan fingerprint density at radius 3 is 2.57 bits per heavy atom. The molecule has 1 aromatic heterocycles. The van der Waals surface area contributed by atoms with Crippen LogP contribution in [0.4, 0.5) is 0 Å². The Labute approximate surface area is 138 Å². The SMILES string of the molecule is CCOC(C(=O)N(C)OC)c1ccc(-c2nnc(CO)s2)cc1. The molecule has 0 aliphatic carbocycles. The van der Waals surface area contributed by atoms with E-state index in [1.807, 2.05) is 31.2 Å².